The van der Waals surface area contributed by atoms with E-state index in [1.54, 1.807) is 0 Å². The smallest absolute Gasteiger partial charge is 0.0971 e. The summed E-state index contributed by atoms with van der Waals surface area (Å²) in [5, 5.41) is 20.5. The topological polar surface area (TPSA) is 47.3 Å². The van der Waals surface area contributed by atoms with E-state index in [0.29, 0.717) is 12.5 Å². The lowest BCUT2D eigenvalue weighted by atomic mass is 9.60. The van der Waals surface area contributed by atoms with Crippen LogP contribution in [0.3, 0.4) is 0 Å². The van der Waals surface area contributed by atoms with Gasteiger partial charge in [0.25, 0.3) is 0 Å². The Hall–Kier alpha value is -0.590. The molecule has 0 bridgehead atoms. The Kier molecular flexibility index (Phi) is 3.47. The first kappa shape index (κ1) is 12.9. The van der Waals surface area contributed by atoms with Gasteiger partial charge in [0.05, 0.1) is 17.1 Å². The Morgan fingerprint density at radius 3 is 2.76 bits per heavy atom. The molecule has 2 aliphatic rings. The summed E-state index contributed by atoms with van der Waals surface area (Å²) in [6, 6.07) is 2.51. The van der Waals surface area contributed by atoms with Crippen LogP contribution >= 0.6 is 0 Å². The van der Waals surface area contributed by atoms with Crippen molar-refractivity contribution in [3.05, 3.63) is 0 Å². The second kappa shape index (κ2) is 4.59. The van der Waals surface area contributed by atoms with Gasteiger partial charge in [-0.2, -0.15) is 5.26 Å². The van der Waals surface area contributed by atoms with Crippen LogP contribution in [-0.4, -0.2) is 35.7 Å². The van der Waals surface area contributed by atoms with E-state index < -0.39 is 11.0 Å². The molecule has 1 aliphatic carbocycles. The Labute approximate surface area is 104 Å². The van der Waals surface area contributed by atoms with Crippen LogP contribution in [0.1, 0.15) is 45.4 Å². The standard InChI is InChI=1S/C14H24N2O/c1-3-12-5-4-6-13(9-12,10-15)14(17)7-8-16(2)11-14/h12,17H,3-9,11H2,1-2H3. The van der Waals surface area contributed by atoms with Gasteiger partial charge in [0.2, 0.25) is 0 Å². The predicted molar refractivity (Wildman–Crippen MR) is 67.4 cm³/mol. The lowest BCUT2D eigenvalue weighted by molar-refractivity contribution is -0.0718. The van der Waals surface area contributed by atoms with Gasteiger partial charge in [-0.15, -0.1) is 0 Å². The van der Waals surface area contributed by atoms with Gasteiger partial charge in [-0.05, 0) is 32.2 Å². The molecule has 2 rings (SSSR count). The molecule has 0 radical (unpaired) electrons. The fourth-order valence-corrected chi connectivity index (χ4v) is 3.74. The van der Waals surface area contributed by atoms with Gasteiger partial charge in [0.1, 0.15) is 0 Å². The van der Waals surface area contributed by atoms with Crippen LogP contribution in [0.4, 0.5) is 0 Å². The van der Waals surface area contributed by atoms with Crippen molar-refractivity contribution in [1.29, 1.82) is 5.26 Å². The van der Waals surface area contributed by atoms with Crippen molar-refractivity contribution in [2.24, 2.45) is 11.3 Å². The largest absolute Gasteiger partial charge is 0.387 e. The van der Waals surface area contributed by atoms with E-state index in [-0.39, 0.29) is 0 Å². The lowest BCUT2D eigenvalue weighted by Gasteiger charge is -2.45. The summed E-state index contributed by atoms with van der Waals surface area (Å²) in [5.74, 6) is 0.623. The second-order valence-corrected chi connectivity index (χ2v) is 6.08. The second-order valence-electron chi connectivity index (χ2n) is 6.08. The van der Waals surface area contributed by atoms with Crippen LogP contribution in [0, 0.1) is 22.7 Å². The molecule has 3 nitrogen and oxygen atoms in total. The quantitative estimate of drug-likeness (QED) is 0.799. The average molecular weight is 236 g/mol. The molecule has 3 heteroatoms. The monoisotopic (exact) mass is 236 g/mol. The van der Waals surface area contributed by atoms with Gasteiger partial charge < -0.3 is 10.0 Å². The van der Waals surface area contributed by atoms with Crippen molar-refractivity contribution >= 4 is 0 Å². The number of likely N-dealkylation sites (N-methyl/N-ethyl adjacent to an activating group) is 1. The molecule has 2 fully saturated rings. The van der Waals surface area contributed by atoms with Crippen molar-refractivity contribution in [3.63, 3.8) is 0 Å². The molecule has 1 aliphatic heterocycles. The summed E-state index contributed by atoms with van der Waals surface area (Å²) in [7, 11) is 2.03. The highest BCUT2D eigenvalue weighted by Crippen LogP contribution is 2.50. The number of hydrogen-bond acceptors (Lipinski definition) is 3. The molecule has 17 heavy (non-hydrogen) atoms. The van der Waals surface area contributed by atoms with E-state index in [2.05, 4.69) is 17.9 Å². The number of nitriles is 1. The highest BCUT2D eigenvalue weighted by Gasteiger charge is 2.54. The molecule has 0 spiro atoms. The first-order valence-corrected chi connectivity index (χ1v) is 6.87. The molecule has 1 saturated heterocycles. The number of aliphatic hydroxyl groups is 1. The third-order valence-electron chi connectivity index (χ3n) is 4.97. The molecule has 3 unspecified atom stereocenters. The Morgan fingerprint density at radius 2 is 2.24 bits per heavy atom. The normalized spacial score (nSPS) is 43.5. The number of β-amino-alcohol motifs (C(OH)–C–C–N with tert-alkyl or cyclic N) is 1. The minimum Gasteiger partial charge on any atom is -0.387 e. The van der Waals surface area contributed by atoms with Crippen LogP contribution in [0.2, 0.25) is 0 Å². The first-order chi connectivity index (χ1) is 8.05. The van der Waals surface area contributed by atoms with E-state index in [9.17, 15) is 10.4 Å². The number of rotatable bonds is 2. The zero-order valence-corrected chi connectivity index (χ0v) is 11.1. The van der Waals surface area contributed by atoms with Crippen molar-refractivity contribution in [2.75, 3.05) is 20.1 Å². The van der Waals surface area contributed by atoms with Gasteiger partial charge in [0, 0.05) is 13.1 Å². The maximum atomic E-state index is 10.9. The molecule has 1 heterocycles. The molecule has 0 aromatic heterocycles. The van der Waals surface area contributed by atoms with Gasteiger partial charge in [-0.3, -0.25) is 0 Å². The van der Waals surface area contributed by atoms with Crippen LogP contribution in [-0.2, 0) is 0 Å². The van der Waals surface area contributed by atoms with Crippen LogP contribution in [0.15, 0.2) is 0 Å². The van der Waals surface area contributed by atoms with Gasteiger partial charge in [-0.25, -0.2) is 0 Å². The third kappa shape index (κ3) is 2.09. The van der Waals surface area contributed by atoms with E-state index >= 15 is 0 Å². The minimum absolute atomic E-state index is 0.489. The number of likely N-dealkylation sites (tertiary alicyclic amines) is 1. The van der Waals surface area contributed by atoms with Crippen molar-refractivity contribution in [3.8, 4) is 6.07 Å². The SMILES string of the molecule is CCC1CCCC(C#N)(C2(O)CCN(C)C2)C1. The van der Waals surface area contributed by atoms with Crippen molar-refractivity contribution in [1.82, 2.24) is 4.90 Å². The first-order valence-electron chi connectivity index (χ1n) is 6.87. The summed E-state index contributed by atoms with van der Waals surface area (Å²) < 4.78 is 0. The molecule has 1 N–H and O–H groups in total. The van der Waals surface area contributed by atoms with E-state index in [1.807, 2.05) is 7.05 Å². The zero-order chi connectivity index (χ0) is 12.5. The Morgan fingerprint density at radius 1 is 1.47 bits per heavy atom. The molecule has 0 amide bonds. The summed E-state index contributed by atoms with van der Waals surface area (Å²) >= 11 is 0. The molecule has 3 atom stereocenters. The molecule has 0 aromatic carbocycles. The highest BCUT2D eigenvalue weighted by atomic mass is 16.3. The Balaban J connectivity index is 2.22. The highest BCUT2D eigenvalue weighted by molar-refractivity contribution is 5.16. The number of nitrogens with zero attached hydrogens (tertiary/aromatic N) is 2. The van der Waals surface area contributed by atoms with Gasteiger partial charge in [0.15, 0.2) is 0 Å². The third-order valence-corrected chi connectivity index (χ3v) is 4.97. The zero-order valence-electron chi connectivity index (χ0n) is 11.1. The summed E-state index contributed by atoms with van der Waals surface area (Å²) in [5.41, 5.74) is -1.26. The number of hydrogen-bond donors (Lipinski definition) is 1. The average Bonchev–Trinajstić information content (AvgIpc) is 2.70. The van der Waals surface area contributed by atoms with E-state index in [1.165, 1.54) is 6.42 Å². The van der Waals surface area contributed by atoms with E-state index in [0.717, 1.165) is 38.6 Å². The van der Waals surface area contributed by atoms with Crippen molar-refractivity contribution < 1.29 is 5.11 Å². The van der Waals surface area contributed by atoms with Crippen LogP contribution in [0.25, 0.3) is 0 Å². The lowest BCUT2D eigenvalue weighted by Crippen LogP contribution is -2.51. The van der Waals surface area contributed by atoms with E-state index in [4.69, 9.17) is 0 Å². The fraction of sp³-hybridized carbons (Fsp3) is 0.929. The van der Waals surface area contributed by atoms with Gasteiger partial charge in [-0.1, -0.05) is 26.2 Å². The summed E-state index contributed by atoms with van der Waals surface area (Å²) in [4.78, 5) is 2.15. The molecular formula is C14H24N2O. The summed E-state index contributed by atoms with van der Waals surface area (Å²) in [6.45, 7) is 3.77. The van der Waals surface area contributed by atoms with Crippen LogP contribution < -0.4 is 0 Å². The van der Waals surface area contributed by atoms with Gasteiger partial charge >= 0.3 is 0 Å². The Bertz CT molecular complexity index is 325. The molecular weight excluding hydrogens is 212 g/mol. The maximum absolute atomic E-state index is 10.9. The minimum atomic E-state index is -0.773. The maximum Gasteiger partial charge on any atom is 0.0971 e. The van der Waals surface area contributed by atoms with Crippen LogP contribution in [0.5, 0.6) is 0 Å². The molecule has 96 valence electrons. The summed E-state index contributed by atoms with van der Waals surface area (Å²) in [6.07, 6.45) is 5.99. The predicted octanol–water partition coefficient (Wildman–Crippen LogP) is 2.16. The molecule has 1 saturated carbocycles. The van der Waals surface area contributed by atoms with Crippen molar-refractivity contribution in [2.45, 2.75) is 51.0 Å². The molecule has 0 aromatic rings. The fourth-order valence-electron chi connectivity index (χ4n) is 3.74.